The van der Waals surface area contributed by atoms with E-state index in [0.717, 1.165) is 31.8 Å². The molecule has 0 bridgehead atoms. The topological polar surface area (TPSA) is 35.8 Å². The van der Waals surface area contributed by atoms with Gasteiger partial charge in [-0.05, 0) is 44.7 Å². The molecule has 2 nitrogen and oxygen atoms in total. The molecule has 0 aromatic heterocycles. The van der Waals surface area contributed by atoms with Gasteiger partial charge in [0.1, 0.15) is 0 Å². The number of nitriles is 1. The molecule has 1 aliphatic carbocycles. The average molecular weight is 166 g/mol. The summed E-state index contributed by atoms with van der Waals surface area (Å²) in [5, 5.41) is 12.1. The Kier molecular flexibility index (Phi) is 4.10. The summed E-state index contributed by atoms with van der Waals surface area (Å²) in [6.07, 6.45) is 4.72. The van der Waals surface area contributed by atoms with E-state index in [9.17, 15) is 0 Å². The molecule has 2 heteroatoms. The fourth-order valence-electron chi connectivity index (χ4n) is 1.84. The van der Waals surface area contributed by atoms with Gasteiger partial charge in [-0.2, -0.15) is 5.26 Å². The van der Waals surface area contributed by atoms with Crippen LogP contribution in [0.25, 0.3) is 0 Å². The second-order valence-corrected chi connectivity index (χ2v) is 3.65. The van der Waals surface area contributed by atoms with E-state index in [-0.39, 0.29) is 0 Å². The van der Waals surface area contributed by atoms with Gasteiger partial charge in [0.05, 0.1) is 6.07 Å². The van der Waals surface area contributed by atoms with E-state index in [4.69, 9.17) is 5.26 Å². The summed E-state index contributed by atoms with van der Waals surface area (Å²) in [4.78, 5) is 0. The second kappa shape index (κ2) is 5.16. The summed E-state index contributed by atoms with van der Waals surface area (Å²) in [7, 11) is 0. The molecule has 0 atom stereocenters. The lowest BCUT2D eigenvalue weighted by molar-refractivity contribution is 0.306. The highest BCUT2D eigenvalue weighted by Crippen LogP contribution is 2.27. The summed E-state index contributed by atoms with van der Waals surface area (Å²) in [6.45, 7) is 4.35. The lowest BCUT2D eigenvalue weighted by atomic mass is 9.83. The standard InChI is InChI=1S/C10H18N2/c1-2-12-8-10-5-3-9(7-11)4-6-10/h9-10,12H,2-6,8H2,1H3. The molecular formula is C10H18N2. The predicted molar refractivity (Wildman–Crippen MR) is 49.6 cm³/mol. The molecule has 1 rings (SSSR count). The van der Waals surface area contributed by atoms with Crippen molar-refractivity contribution in [3.8, 4) is 6.07 Å². The third kappa shape index (κ3) is 2.83. The Morgan fingerprint density at radius 3 is 2.50 bits per heavy atom. The van der Waals surface area contributed by atoms with E-state index in [2.05, 4.69) is 18.3 Å². The van der Waals surface area contributed by atoms with E-state index < -0.39 is 0 Å². The smallest absolute Gasteiger partial charge is 0.0655 e. The third-order valence-corrected chi connectivity index (χ3v) is 2.71. The van der Waals surface area contributed by atoms with Gasteiger partial charge in [0.15, 0.2) is 0 Å². The first-order valence-corrected chi connectivity index (χ1v) is 4.97. The highest BCUT2D eigenvalue weighted by Gasteiger charge is 2.19. The summed E-state index contributed by atoms with van der Waals surface area (Å²) in [5.74, 6) is 1.18. The Morgan fingerprint density at radius 1 is 1.33 bits per heavy atom. The molecule has 1 fully saturated rings. The van der Waals surface area contributed by atoms with Crippen molar-refractivity contribution in [3.05, 3.63) is 0 Å². The maximum absolute atomic E-state index is 8.69. The molecule has 1 N–H and O–H groups in total. The van der Waals surface area contributed by atoms with Crippen molar-refractivity contribution in [2.45, 2.75) is 32.6 Å². The zero-order valence-corrected chi connectivity index (χ0v) is 7.84. The molecule has 1 saturated carbocycles. The van der Waals surface area contributed by atoms with Gasteiger partial charge in [-0.15, -0.1) is 0 Å². The van der Waals surface area contributed by atoms with E-state index in [1.54, 1.807) is 0 Å². The first-order chi connectivity index (χ1) is 5.86. The monoisotopic (exact) mass is 166 g/mol. The molecule has 0 radical (unpaired) electrons. The number of hydrogen-bond donors (Lipinski definition) is 1. The van der Waals surface area contributed by atoms with Crippen LogP contribution in [0.1, 0.15) is 32.6 Å². The van der Waals surface area contributed by atoms with Gasteiger partial charge in [-0.1, -0.05) is 6.92 Å². The largest absolute Gasteiger partial charge is 0.317 e. The number of rotatable bonds is 3. The minimum Gasteiger partial charge on any atom is -0.317 e. The van der Waals surface area contributed by atoms with Gasteiger partial charge in [-0.25, -0.2) is 0 Å². The normalized spacial score (nSPS) is 29.7. The Morgan fingerprint density at radius 2 is 2.00 bits per heavy atom. The van der Waals surface area contributed by atoms with Crippen molar-refractivity contribution in [3.63, 3.8) is 0 Å². The van der Waals surface area contributed by atoms with Crippen LogP contribution in [0.2, 0.25) is 0 Å². The van der Waals surface area contributed by atoms with Gasteiger partial charge in [0, 0.05) is 5.92 Å². The van der Waals surface area contributed by atoms with Crippen LogP contribution in [-0.2, 0) is 0 Å². The first kappa shape index (κ1) is 9.54. The molecule has 0 aromatic carbocycles. The highest BCUT2D eigenvalue weighted by atomic mass is 14.8. The van der Waals surface area contributed by atoms with Crippen LogP contribution < -0.4 is 5.32 Å². The van der Waals surface area contributed by atoms with Crippen LogP contribution in [0, 0.1) is 23.2 Å². The van der Waals surface area contributed by atoms with Crippen molar-refractivity contribution in [2.24, 2.45) is 11.8 Å². The van der Waals surface area contributed by atoms with Gasteiger partial charge in [0.2, 0.25) is 0 Å². The molecular weight excluding hydrogens is 148 g/mol. The lowest BCUT2D eigenvalue weighted by Crippen LogP contribution is -2.25. The van der Waals surface area contributed by atoms with Crippen molar-refractivity contribution < 1.29 is 0 Å². The van der Waals surface area contributed by atoms with Crippen LogP contribution in [0.15, 0.2) is 0 Å². The van der Waals surface area contributed by atoms with Gasteiger partial charge < -0.3 is 5.32 Å². The van der Waals surface area contributed by atoms with Crippen LogP contribution in [-0.4, -0.2) is 13.1 Å². The third-order valence-electron chi connectivity index (χ3n) is 2.71. The molecule has 0 amide bonds. The summed E-state index contributed by atoms with van der Waals surface area (Å²) in [5.41, 5.74) is 0. The number of hydrogen-bond acceptors (Lipinski definition) is 2. The van der Waals surface area contributed by atoms with Crippen LogP contribution >= 0.6 is 0 Å². The molecule has 1 aliphatic rings. The van der Waals surface area contributed by atoms with Gasteiger partial charge >= 0.3 is 0 Å². The minimum atomic E-state index is 0.350. The average Bonchev–Trinajstić information content (AvgIpc) is 2.15. The van der Waals surface area contributed by atoms with Crippen molar-refractivity contribution in [1.29, 1.82) is 5.26 Å². The Hall–Kier alpha value is -0.550. The van der Waals surface area contributed by atoms with Gasteiger partial charge in [0.25, 0.3) is 0 Å². The molecule has 0 spiro atoms. The Bertz CT molecular complexity index is 152. The number of nitrogens with one attached hydrogen (secondary N) is 1. The van der Waals surface area contributed by atoms with Crippen molar-refractivity contribution in [2.75, 3.05) is 13.1 Å². The second-order valence-electron chi connectivity index (χ2n) is 3.65. The maximum atomic E-state index is 8.69. The molecule has 0 unspecified atom stereocenters. The molecule has 68 valence electrons. The SMILES string of the molecule is CCNCC1CCC(C#N)CC1. The zero-order chi connectivity index (χ0) is 8.81. The van der Waals surface area contributed by atoms with E-state index >= 15 is 0 Å². The van der Waals surface area contributed by atoms with E-state index in [1.165, 1.54) is 12.8 Å². The lowest BCUT2D eigenvalue weighted by Gasteiger charge is -2.24. The quantitative estimate of drug-likeness (QED) is 0.695. The summed E-state index contributed by atoms with van der Waals surface area (Å²) in [6, 6.07) is 2.36. The summed E-state index contributed by atoms with van der Waals surface area (Å²) < 4.78 is 0. The Labute approximate surface area is 75.0 Å². The Balaban J connectivity index is 2.14. The van der Waals surface area contributed by atoms with Crippen LogP contribution in [0.4, 0.5) is 0 Å². The number of nitrogens with zero attached hydrogens (tertiary/aromatic N) is 1. The minimum absolute atomic E-state index is 0.350. The fraction of sp³-hybridized carbons (Fsp3) is 0.900. The highest BCUT2D eigenvalue weighted by molar-refractivity contribution is 4.87. The first-order valence-electron chi connectivity index (χ1n) is 4.97. The maximum Gasteiger partial charge on any atom is 0.0655 e. The van der Waals surface area contributed by atoms with E-state index in [1.807, 2.05) is 0 Å². The fourth-order valence-corrected chi connectivity index (χ4v) is 1.84. The molecule has 0 aliphatic heterocycles. The predicted octanol–water partition coefficient (Wildman–Crippen LogP) is 1.93. The van der Waals surface area contributed by atoms with E-state index in [0.29, 0.717) is 5.92 Å². The molecule has 12 heavy (non-hydrogen) atoms. The van der Waals surface area contributed by atoms with Crippen LogP contribution in [0.5, 0.6) is 0 Å². The van der Waals surface area contributed by atoms with Gasteiger partial charge in [-0.3, -0.25) is 0 Å². The van der Waals surface area contributed by atoms with Crippen LogP contribution in [0.3, 0.4) is 0 Å². The molecule has 0 heterocycles. The zero-order valence-electron chi connectivity index (χ0n) is 7.84. The molecule has 0 saturated heterocycles. The van der Waals surface area contributed by atoms with Crippen molar-refractivity contribution >= 4 is 0 Å². The van der Waals surface area contributed by atoms with Crippen molar-refractivity contribution in [1.82, 2.24) is 5.32 Å². The molecule has 0 aromatic rings. The summed E-state index contributed by atoms with van der Waals surface area (Å²) >= 11 is 0.